The highest BCUT2D eigenvalue weighted by Crippen LogP contribution is 2.45. The van der Waals surface area contributed by atoms with Gasteiger partial charge in [0.2, 0.25) is 10.9 Å². The molecule has 12 heteroatoms. The van der Waals surface area contributed by atoms with Gasteiger partial charge in [0.05, 0.1) is 25.3 Å². The largest absolute Gasteiger partial charge is 0.503 e. The predicted molar refractivity (Wildman–Crippen MR) is 174 cm³/mol. The minimum atomic E-state index is -1.05. The van der Waals surface area contributed by atoms with Gasteiger partial charge < -0.3 is 19.0 Å². The lowest BCUT2D eigenvalue weighted by Gasteiger charge is -2.24. The van der Waals surface area contributed by atoms with Crippen molar-refractivity contribution in [3.8, 4) is 11.5 Å². The Bertz CT molecular complexity index is 1930. The number of carbonyl (C=O) groups excluding carboxylic acids is 2. The molecule has 1 aliphatic rings. The summed E-state index contributed by atoms with van der Waals surface area (Å²) in [6.45, 7) is 4.71. The first-order valence-corrected chi connectivity index (χ1v) is 16.3. The van der Waals surface area contributed by atoms with Crippen LogP contribution in [0.15, 0.2) is 92.9 Å². The Morgan fingerprint density at radius 1 is 1.11 bits per heavy atom. The number of hydrogen-bond acceptors (Lipinski definition) is 10. The first kappa shape index (κ1) is 31.3. The fourth-order valence-corrected chi connectivity index (χ4v) is 6.89. The number of furan rings is 1. The van der Waals surface area contributed by atoms with Crippen LogP contribution < -0.4 is 14.4 Å². The molecule has 1 atom stereocenters. The molecular formula is C34H30FN3O6S2. The van der Waals surface area contributed by atoms with Gasteiger partial charge in [0.1, 0.15) is 11.6 Å². The third kappa shape index (κ3) is 6.35. The topological polar surface area (TPSA) is 115 Å². The number of aliphatic hydroxyl groups is 1. The van der Waals surface area contributed by atoms with Crippen LogP contribution in [0.5, 0.6) is 11.5 Å². The summed E-state index contributed by atoms with van der Waals surface area (Å²) in [7, 11) is 1.50. The summed E-state index contributed by atoms with van der Waals surface area (Å²) in [6.07, 6.45) is 0.849. The summed E-state index contributed by atoms with van der Waals surface area (Å²) in [6, 6.07) is 19.0. The molecule has 6 rings (SSSR count). The lowest BCUT2D eigenvalue weighted by molar-refractivity contribution is -0.117. The summed E-state index contributed by atoms with van der Waals surface area (Å²) in [5.74, 6) is -0.569. The first-order chi connectivity index (χ1) is 22.2. The number of carbonyl (C=O) groups is 2. The summed E-state index contributed by atoms with van der Waals surface area (Å²) < 4.78 is 31.2. The number of para-hydroxylation sites is 1. The number of ether oxygens (including phenoxy) is 2. The normalized spacial score (nSPS) is 14.9. The third-order valence-electron chi connectivity index (χ3n) is 7.42. The van der Waals surface area contributed by atoms with Crippen LogP contribution in [-0.2, 0) is 10.5 Å². The lowest BCUT2D eigenvalue weighted by Crippen LogP contribution is -2.31. The van der Waals surface area contributed by atoms with Gasteiger partial charge in [0.15, 0.2) is 27.2 Å². The van der Waals surface area contributed by atoms with Gasteiger partial charge in [-0.15, -0.1) is 10.2 Å². The van der Waals surface area contributed by atoms with E-state index in [1.807, 2.05) is 0 Å². The SMILES string of the molecule is COc1cccc2cc(C(=O)C3=C(O)C(=O)N(c4nnc(SCc5ccc(F)cc5)s4)C3c3cccc(OCCC(C)C)c3)oc12. The smallest absolute Gasteiger partial charge is 0.296 e. The van der Waals surface area contributed by atoms with E-state index >= 15 is 0 Å². The van der Waals surface area contributed by atoms with Crippen LogP contribution in [0.1, 0.15) is 48.0 Å². The molecule has 3 heterocycles. The Balaban J connectivity index is 1.36. The Morgan fingerprint density at radius 3 is 2.65 bits per heavy atom. The van der Waals surface area contributed by atoms with E-state index in [1.54, 1.807) is 60.7 Å². The maximum absolute atomic E-state index is 14.1. The van der Waals surface area contributed by atoms with E-state index in [-0.39, 0.29) is 22.3 Å². The van der Waals surface area contributed by atoms with Crippen molar-refractivity contribution in [2.24, 2.45) is 5.92 Å². The summed E-state index contributed by atoms with van der Waals surface area (Å²) >= 11 is 2.52. The zero-order valence-corrected chi connectivity index (χ0v) is 26.9. The maximum atomic E-state index is 14.1. The van der Waals surface area contributed by atoms with Crippen molar-refractivity contribution in [3.63, 3.8) is 0 Å². The van der Waals surface area contributed by atoms with E-state index in [9.17, 15) is 19.1 Å². The standard InChI is InChI=1S/C34H30FN3O6S2/c1-19(2)14-15-43-24-8-4-6-21(16-24)28-27(29(39)26-17-22-7-5-9-25(42-3)31(22)44-26)30(40)32(41)38(28)33-36-37-34(46-33)45-18-20-10-12-23(35)13-11-20/h4-13,16-17,19,28,40H,14-15,18H2,1-3H3. The first-order valence-electron chi connectivity index (χ1n) is 14.5. The number of Topliss-reactive ketones (excluding diaryl/α,β-unsaturated/α-hetero) is 1. The molecule has 2 aromatic heterocycles. The molecule has 0 bridgehead atoms. The number of rotatable bonds is 12. The number of fused-ring (bicyclic) bond motifs is 1. The molecule has 0 radical (unpaired) electrons. The molecule has 1 N–H and O–H groups in total. The van der Waals surface area contributed by atoms with E-state index in [4.69, 9.17) is 13.9 Å². The van der Waals surface area contributed by atoms with Crippen LogP contribution in [0.25, 0.3) is 11.0 Å². The van der Waals surface area contributed by atoms with Gasteiger partial charge in [-0.3, -0.25) is 14.5 Å². The summed E-state index contributed by atoms with van der Waals surface area (Å²) in [4.78, 5) is 29.1. The highest BCUT2D eigenvalue weighted by atomic mass is 32.2. The maximum Gasteiger partial charge on any atom is 0.296 e. The van der Waals surface area contributed by atoms with Gasteiger partial charge >= 0.3 is 0 Å². The number of nitrogens with zero attached hydrogens (tertiary/aromatic N) is 3. The fourth-order valence-electron chi connectivity index (χ4n) is 5.06. The molecule has 0 saturated heterocycles. The number of halogens is 1. The number of amides is 1. The second kappa shape index (κ2) is 13.4. The van der Waals surface area contributed by atoms with Crippen LogP contribution >= 0.6 is 23.1 Å². The summed E-state index contributed by atoms with van der Waals surface area (Å²) in [5.41, 5.74) is 1.64. The molecule has 0 saturated carbocycles. The number of benzene rings is 3. The fraction of sp³-hybridized carbons (Fsp3) is 0.235. The van der Waals surface area contributed by atoms with Crippen molar-refractivity contribution in [1.82, 2.24) is 10.2 Å². The highest BCUT2D eigenvalue weighted by molar-refractivity contribution is 8.00. The van der Waals surface area contributed by atoms with Gasteiger partial charge in [-0.1, -0.05) is 73.3 Å². The van der Waals surface area contributed by atoms with E-state index in [1.165, 1.54) is 35.9 Å². The quantitative estimate of drug-likeness (QED) is 0.0810. The molecular weight excluding hydrogens is 630 g/mol. The molecule has 3 aromatic carbocycles. The average molecular weight is 660 g/mol. The second-order valence-electron chi connectivity index (χ2n) is 11.0. The van der Waals surface area contributed by atoms with Crippen LogP contribution in [0.2, 0.25) is 0 Å². The number of anilines is 1. The zero-order valence-electron chi connectivity index (χ0n) is 25.2. The second-order valence-corrected chi connectivity index (χ2v) is 13.2. The van der Waals surface area contributed by atoms with Crippen LogP contribution in [0, 0.1) is 11.7 Å². The molecule has 1 aliphatic heterocycles. The monoisotopic (exact) mass is 659 g/mol. The molecule has 0 spiro atoms. The lowest BCUT2D eigenvalue weighted by atomic mass is 9.95. The minimum absolute atomic E-state index is 0.0576. The number of aromatic nitrogens is 2. The Labute approximate surface area is 272 Å². The molecule has 46 heavy (non-hydrogen) atoms. The zero-order chi connectivity index (χ0) is 32.4. The van der Waals surface area contributed by atoms with Gasteiger partial charge in [-0.05, 0) is 59.9 Å². The molecule has 1 amide bonds. The van der Waals surface area contributed by atoms with Gasteiger partial charge in [0, 0.05) is 11.1 Å². The number of methoxy groups -OCH3 is 1. The van der Waals surface area contributed by atoms with Crippen LogP contribution in [0.3, 0.4) is 0 Å². The molecule has 0 aliphatic carbocycles. The number of aliphatic hydroxyl groups excluding tert-OH is 1. The van der Waals surface area contributed by atoms with Gasteiger partial charge in [0.25, 0.3) is 5.91 Å². The Hall–Kier alpha value is -4.68. The number of hydrogen-bond donors (Lipinski definition) is 1. The van der Waals surface area contributed by atoms with Crippen molar-refractivity contribution in [2.45, 2.75) is 36.4 Å². The highest BCUT2D eigenvalue weighted by Gasteiger charge is 2.47. The van der Waals surface area contributed by atoms with Crippen molar-refractivity contribution in [1.29, 1.82) is 0 Å². The Morgan fingerprint density at radius 2 is 1.89 bits per heavy atom. The van der Waals surface area contributed by atoms with Crippen molar-refractivity contribution < 1.29 is 33.0 Å². The molecule has 5 aromatic rings. The van der Waals surface area contributed by atoms with Crippen molar-refractivity contribution in [2.75, 3.05) is 18.6 Å². The Kier molecular flexibility index (Phi) is 9.09. The van der Waals surface area contributed by atoms with E-state index in [0.717, 1.165) is 23.3 Å². The van der Waals surface area contributed by atoms with E-state index in [2.05, 4.69) is 24.0 Å². The van der Waals surface area contributed by atoms with Crippen molar-refractivity contribution >= 4 is 50.9 Å². The van der Waals surface area contributed by atoms with Crippen molar-refractivity contribution in [3.05, 3.63) is 107 Å². The molecule has 9 nitrogen and oxygen atoms in total. The van der Waals surface area contributed by atoms with Gasteiger partial charge in [-0.25, -0.2) is 4.39 Å². The predicted octanol–water partition coefficient (Wildman–Crippen LogP) is 7.93. The molecule has 1 unspecified atom stereocenters. The van der Waals surface area contributed by atoms with E-state index in [0.29, 0.717) is 50.6 Å². The average Bonchev–Trinajstić information content (AvgIpc) is 3.77. The van der Waals surface area contributed by atoms with Crippen LogP contribution in [-0.4, -0.2) is 40.7 Å². The number of thioether (sulfide) groups is 1. The third-order valence-corrected chi connectivity index (χ3v) is 9.55. The number of ketones is 1. The molecule has 0 fully saturated rings. The van der Waals surface area contributed by atoms with Crippen LogP contribution in [0.4, 0.5) is 9.52 Å². The molecule has 236 valence electrons. The minimum Gasteiger partial charge on any atom is -0.503 e. The van der Waals surface area contributed by atoms with E-state index < -0.39 is 23.5 Å². The summed E-state index contributed by atoms with van der Waals surface area (Å²) in [5, 5.41) is 20.6. The van der Waals surface area contributed by atoms with Gasteiger partial charge in [-0.2, -0.15) is 0 Å².